The number of amides is 1. The number of nitrogens with zero attached hydrogens (tertiary/aromatic N) is 2. The number of pyridine rings is 1. The van der Waals surface area contributed by atoms with Crippen molar-refractivity contribution in [3.63, 3.8) is 0 Å². The van der Waals surface area contributed by atoms with E-state index in [1.807, 2.05) is 31.2 Å². The van der Waals surface area contributed by atoms with E-state index in [0.717, 1.165) is 11.3 Å². The molecule has 2 aromatic rings. The van der Waals surface area contributed by atoms with Crippen LogP contribution in [0.1, 0.15) is 21.5 Å². The zero-order chi connectivity index (χ0) is 15.2. The largest absolute Gasteiger partial charge is 0.384 e. The van der Waals surface area contributed by atoms with Gasteiger partial charge >= 0.3 is 0 Å². The molecule has 0 fully saturated rings. The molecule has 0 radical (unpaired) electrons. The van der Waals surface area contributed by atoms with Gasteiger partial charge in [-0.15, -0.1) is 0 Å². The quantitative estimate of drug-likeness (QED) is 0.856. The maximum atomic E-state index is 12.4. The fraction of sp³-hybridized carbons (Fsp3) is 0.176. The van der Waals surface area contributed by atoms with Crippen molar-refractivity contribution in [2.45, 2.75) is 6.92 Å². The zero-order valence-corrected chi connectivity index (χ0v) is 12.0. The van der Waals surface area contributed by atoms with Crippen molar-refractivity contribution in [1.29, 1.82) is 0 Å². The summed E-state index contributed by atoms with van der Waals surface area (Å²) in [6.45, 7) is 1.78. The third kappa shape index (κ3) is 3.68. The molecule has 1 heterocycles. The maximum absolute atomic E-state index is 12.4. The van der Waals surface area contributed by atoms with E-state index >= 15 is 0 Å². The van der Waals surface area contributed by atoms with Gasteiger partial charge in [-0.25, -0.2) is 0 Å². The summed E-state index contributed by atoms with van der Waals surface area (Å²) in [5, 5.41) is 8.70. The monoisotopic (exact) mass is 280 g/mol. The third-order valence-electron chi connectivity index (χ3n) is 3.02. The maximum Gasteiger partial charge on any atom is 0.259 e. The summed E-state index contributed by atoms with van der Waals surface area (Å²) in [5.74, 6) is 5.13. The standard InChI is InChI=1S/C17H16N2O2/c1-13-5-7-16(8-6-13)19(2)17(21)15-10-14(4-3-9-20)11-18-12-15/h5-8,10-12,20H,9H2,1-2H3. The number of hydrogen-bond acceptors (Lipinski definition) is 3. The normalized spacial score (nSPS) is 9.67. The lowest BCUT2D eigenvalue weighted by molar-refractivity contribution is 0.0992. The number of carbonyl (C=O) groups excluding carboxylic acids is 1. The van der Waals surface area contributed by atoms with Gasteiger partial charge in [0.15, 0.2) is 0 Å². The van der Waals surface area contributed by atoms with E-state index in [1.165, 1.54) is 6.20 Å². The molecule has 4 heteroatoms. The topological polar surface area (TPSA) is 53.4 Å². The molecule has 0 bridgehead atoms. The van der Waals surface area contributed by atoms with Crippen molar-refractivity contribution in [1.82, 2.24) is 4.98 Å². The van der Waals surface area contributed by atoms with Crippen LogP contribution in [0.2, 0.25) is 0 Å². The number of rotatable bonds is 2. The van der Waals surface area contributed by atoms with Crippen LogP contribution in [0.5, 0.6) is 0 Å². The first kappa shape index (κ1) is 14.8. The predicted octanol–water partition coefficient (Wildman–Crippen LogP) is 2.01. The lowest BCUT2D eigenvalue weighted by Gasteiger charge is -2.17. The lowest BCUT2D eigenvalue weighted by atomic mass is 10.1. The zero-order valence-electron chi connectivity index (χ0n) is 12.0. The molecule has 1 amide bonds. The second-order valence-electron chi connectivity index (χ2n) is 4.62. The molecular formula is C17H16N2O2. The average Bonchev–Trinajstić information content (AvgIpc) is 2.52. The molecule has 0 saturated heterocycles. The molecule has 0 saturated carbocycles. The highest BCUT2D eigenvalue weighted by molar-refractivity contribution is 6.05. The molecule has 1 N–H and O–H groups in total. The van der Waals surface area contributed by atoms with E-state index in [-0.39, 0.29) is 12.5 Å². The molecule has 0 aliphatic carbocycles. The summed E-state index contributed by atoms with van der Waals surface area (Å²) in [6.07, 6.45) is 3.07. The van der Waals surface area contributed by atoms with Crippen LogP contribution in [0, 0.1) is 18.8 Å². The Labute approximate surface area is 124 Å². The fourth-order valence-electron chi connectivity index (χ4n) is 1.85. The van der Waals surface area contributed by atoms with Crippen molar-refractivity contribution < 1.29 is 9.90 Å². The van der Waals surface area contributed by atoms with Gasteiger partial charge in [0.05, 0.1) is 5.56 Å². The highest BCUT2D eigenvalue weighted by Gasteiger charge is 2.13. The van der Waals surface area contributed by atoms with Gasteiger partial charge in [-0.05, 0) is 25.1 Å². The Bertz CT molecular complexity index is 697. The number of aliphatic hydroxyl groups excluding tert-OH is 1. The van der Waals surface area contributed by atoms with Crippen molar-refractivity contribution in [3.8, 4) is 11.8 Å². The SMILES string of the molecule is Cc1ccc(N(C)C(=O)c2cncc(C#CCO)c2)cc1. The summed E-state index contributed by atoms with van der Waals surface area (Å²) in [6, 6.07) is 9.38. The van der Waals surface area contributed by atoms with Crippen LogP contribution >= 0.6 is 0 Å². The molecule has 0 atom stereocenters. The van der Waals surface area contributed by atoms with E-state index in [9.17, 15) is 4.79 Å². The Morgan fingerprint density at radius 2 is 2.00 bits per heavy atom. The van der Waals surface area contributed by atoms with Crippen LogP contribution in [-0.4, -0.2) is 29.7 Å². The predicted molar refractivity (Wildman–Crippen MR) is 82.1 cm³/mol. The molecule has 0 spiro atoms. The van der Waals surface area contributed by atoms with Gasteiger partial charge in [0.1, 0.15) is 6.61 Å². The molecule has 2 rings (SSSR count). The molecule has 106 valence electrons. The van der Waals surface area contributed by atoms with E-state index in [0.29, 0.717) is 11.1 Å². The molecule has 1 aromatic carbocycles. The minimum atomic E-state index is -0.221. The minimum absolute atomic E-state index is 0.154. The highest BCUT2D eigenvalue weighted by Crippen LogP contribution is 2.16. The molecule has 4 nitrogen and oxygen atoms in total. The first-order valence-electron chi connectivity index (χ1n) is 6.51. The van der Waals surface area contributed by atoms with Gasteiger partial charge in [-0.2, -0.15) is 0 Å². The highest BCUT2D eigenvalue weighted by atomic mass is 16.2. The first-order valence-corrected chi connectivity index (χ1v) is 6.51. The molecule has 1 aromatic heterocycles. The molecule has 0 aliphatic rings. The Balaban J connectivity index is 2.25. The van der Waals surface area contributed by atoms with Crippen LogP contribution in [0.4, 0.5) is 5.69 Å². The molecular weight excluding hydrogens is 264 g/mol. The second kappa shape index (κ2) is 6.69. The van der Waals surface area contributed by atoms with Crippen LogP contribution in [-0.2, 0) is 0 Å². The summed E-state index contributed by atoms with van der Waals surface area (Å²) in [7, 11) is 1.72. The van der Waals surface area contributed by atoms with Crippen molar-refractivity contribution in [2.24, 2.45) is 0 Å². The number of benzene rings is 1. The van der Waals surface area contributed by atoms with E-state index < -0.39 is 0 Å². The van der Waals surface area contributed by atoms with Gasteiger partial charge in [0, 0.05) is 30.7 Å². The smallest absolute Gasteiger partial charge is 0.259 e. The Morgan fingerprint density at radius 3 is 2.67 bits per heavy atom. The molecule has 0 aliphatic heterocycles. The van der Waals surface area contributed by atoms with Gasteiger partial charge in [-0.1, -0.05) is 29.5 Å². The number of aromatic nitrogens is 1. The number of anilines is 1. The van der Waals surface area contributed by atoms with Crippen LogP contribution in [0.15, 0.2) is 42.7 Å². The lowest BCUT2D eigenvalue weighted by Crippen LogP contribution is -2.26. The van der Waals surface area contributed by atoms with Crippen LogP contribution < -0.4 is 4.90 Å². The summed E-state index contributed by atoms with van der Waals surface area (Å²) in [5.41, 5.74) is 3.02. The van der Waals surface area contributed by atoms with Gasteiger partial charge in [0.2, 0.25) is 0 Å². The van der Waals surface area contributed by atoms with Crippen LogP contribution in [0.25, 0.3) is 0 Å². The van der Waals surface area contributed by atoms with E-state index in [2.05, 4.69) is 16.8 Å². The van der Waals surface area contributed by atoms with Crippen molar-refractivity contribution >= 4 is 11.6 Å². The molecule has 0 unspecified atom stereocenters. The summed E-state index contributed by atoms with van der Waals surface area (Å²) >= 11 is 0. The van der Waals surface area contributed by atoms with Gasteiger partial charge in [-0.3, -0.25) is 9.78 Å². The van der Waals surface area contributed by atoms with Gasteiger partial charge < -0.3 is 10.0 Å². The Morgan fingerprint density at radius 1 is 1.29 bits per heavy atom. The number of carbonyl (C=O) groups is 1. The summed E-state index contributed by atoms with van der Waals surface area (Å²) in [4.78, 5) is 18.0. The average molecular weight is 280 g/mol. The first-order chi connectivity index (χ1) is 10.1. The van der Waals surface area contributed by atoms with Crippen molar-refractivity contribution in [3.05, 3.63) is 59.4 Å². The molecule has 21 heavy (non-hydrogen) atoms. The minimum Gasteiger partial charge on any atom is -0.384 e. The summed E-state index contributed by atoms with van der Waals surface area (Å²) < 4.78 is 0. The van der Waals surface area contributed by atoms with Crippen molar-refractivity contribution in [2.75, 3.05) is 18.6 Å². The van der Waals surface area contributed by atoms with E-state index in [4.69, 9.17) is 5.11 Å². The third-order valence-corrected chi connectivity index (χ3v) is 3.02. The number of aliphatic hydroxyl groups is 1. The number of hydrogen-bond donors (Lipinski definition) is 1. The Kier molecular flexibility index (Phi) is 4.70. The second-order valence-corrected chi connectivity index (χ2v) is 4.62. The number of aryl methyl sites for hydroxylation is 1. The Hall–Kier alpha value is -2.64. The van der Waals surface area contributed by atoms with E-state index in [1.54, 1.807) is 24.2 Å². The fourth-order valence-corrected chi connectivity index (χ4v) is 1.85. The van der Waals surface area contributed by atoms with Crippen LogP contribution in [0.3, 0.4) is 0 Å². The van der Waals surface area contributed by atoms with Gasteiger partial charge in [0.25, 0.3) is 5.91 Å².